The summed E-state index contributed by atoms with van der Waals surface area (Å²) in [5, 5.41) is 16.1. The molecule has 1 saturated carbocycles. The first-order valence-electron chi connectivity index (χ1n) is 15.0. The molecule has 0 bridgehead atoms. The molecule has 4 rings (SSSR count). The third kappa shape index (κ3) is 13.5. The van der Waals surface area contributed by atoms with Crippen LogP contribution < -0.4 is 10.6 Å². The van der Waals surface area contributed by atoms with Gasteiger partial charge in [-0.15, -0.1) is 0 Å². The van der Waals surface area contributed by atoms with Crippen molar-refractivity contribution in [2.45, 2.75) is 77.1 Å². The van der Waals surface area contributed by atoms with Crippen LogP contribution in [0.2, 0.25) is 0 Å². The van der Waals surface area contributed by atoms with Gasteiger partial charge in [0.25, 0.3) is 5.91 Å². The highest BCUT2D eigenvalue weighted by Gasteiger charge is 2.61. The van der Waals surface area contributed by atoms with E-state index >= 15 is 0 Å². The third-order valence-corrected chi connectivity index (χ3v) is 7.47. The molecular weight excluding hydrogens is 655 g/mol. The normalized spacial score (nSPS) is 21.7. The fraction of sp³-hybridized carbons (Fsp3) is 0.667. The van der Waals surface area contributed by atoms with E-state index in [0.29, 0.717) is 37.3 Å². The highest BCUT2D eigenvalue weighted by atomic mass is 35.5. The zero-order valence-corrected chi connectivity index (χ0v) is 27.5. The highest BCUT2D eigenvalue weighted by Crippen LogP contribution is 2.38. The van der Waals surface area contributed by atoms with E-state index in [1.807, 2.05) is 6.92 Å². The summed E-state index contributed by atoms with van der Waals surface area (Å²) in [7, 11) is 0. The van der Waals surface area contributed by atoms with Gasteiger partial charge in [-0.3, -0.25) is 19.2 Å². The lowest BCUT2D eigenvalue weighted by atomic mass is 9.82. The smallest absolute Gasteiger partial charge is 0.400 e. The topological polar surface area (TPSA) is 156 Å². The van der Waals surface area contributed by atoms with Crippen LogP contribution in [0.4, 0.5) is 27.8 Å². The number of carbonyl (C=O) groups excluding carboxylic acids is 4. The minimum absolute atomic E-state index is 0.0543. The van der Waals surface area contributed by atoms with Crippen LogP contribution in [0.15, 0.2) is 12.3 Å². The van der Waals surface area contributed by atoms with Gasteiger partial charge in [-0.25, -0.2) is 9.37 Å². The SMILES string of the molecule is CC(C)C.CC1C[C@@H](C#N)N(C=O)C1.O=C(CNC(=O)C(F)(F)C(F)(F)Cl)N1CC2CCCCC2C1.O=CNc1ncc(F)cc1O. The number of nitrogens with zero attached hydrogens (tertiary/aromatic N) is 4. The molecule has 0 aromatic carbocycles. The number of aromatic nitrogens is 1. The van der Waals surface area contributed by atoms with Gasteiger partial charge in [-0.1, -0.05) is 40.5 Å². The maximum atomic E-state index is 13.0. The van der Waals surface area contributed by atoms with Crippen LogP contribution in [-0.4, -0.2) is 88.0 Å². The number of carbonyl (C=O) groups is 4. The van der Waals surface area contributed by atoms with Gasteiger partial charge < -0.3 is 25.5 Å². The van der Waals surface area contributed by atoms with E-state index in [4.69, 9.17) is 10.4 Å². The van der Waals surface area contributed by atoms with Crippen molar-refractivity contribution in [1.29, 1.82) is 5.26 Å². The van der Waals surface area contributed by atoms with E-state index in [9.17, 15) is 41.1 Å². The van der Waals surface area contributed by atoms with Gasteiger partial charge in [0.15, 0.2) is 11.6 Å². The minimum atomic E-state index is -5.06. The molecule has 4 amide bonds. The number of hydrogen-bond acceptors (Lipinski definition) is 7. The molecule has 1 aromatic rings. The van der Waals surface area contributed by atoms with Crippen molar-refractivity contribution in [3.63, 3.8) is 0 Å². The summed E-state index contributed by atoms with van der Waals surface area (Å²) in [5.74, 6) is -6.83. The van der Waals surface area contributed by atoms with Crippen molar-refractivity contribution in [3.05, 3.63) is 18.1 Å². The predicted molar refractivity (Wildman–Crippen MR) is 163 cm³/mol. The van der Waals surface area contributed by atoms with Crippen LogP contribution in [0.3, 0.4) is 0 Å². The number of hydrogen-bond donors (Lipinski definition) is 3. The monoisotopic (exact) mass is 696 g/mol. The molecule has 2 saturated heterocycles. The lowest BCUT2D eigenvalue weighted by molar-refractivity contribution is -0.181. The second kappa shape index (κ2) is 19.2. The molecule has 11 nitrogen and oxygen atoms in total. The second-order valence-corrected chi connectivity index (χ2v) is 12.6. The highest BCUT2D eigenvalue weighted by molar-refractivity contribution is 6.24. The summed E-state index contributed by atoms with van der Waals surface area (Å²) in [5.41, 5.74) is 0. The molecule has 4 atom stereocenters. The summed E-state index contributed by atoms with van der Waals surface area (Å²) >= 11 is 4.21. The zero-order chi connectivity index (χ0) is 35.9. The number of fused-ring (bicyclic) bond motifs is 1. The van der Waals surface area contributed by atoms with Gasteiger partial charge in [0, 0.05) is 25.7 Å². The number of nitrogens with one attached hydrogen (secondary N) is 2. The van der Waals surface area contributed by atoms with E-state index in [-0.39, 0.29) is 11.9 Å². The molecule has 3 unspecified atom stereocenters. The van der Waals surface area contributed by atoms with E-state index in [0.717, 1.165) is 63.2 Å². The Morgan fingerprint density at radius 1 is 1.15 bits per heavy atom. The number of pyridine rings is 1. The van der Waals surface area contributed by atoms with Gasteiger partial charge in [0.2, 0.25) is 18.7 Å². The van der Waals surface area contributed by atoms with Crippen molar-refractivity contribution >= 4 is 42.1 Å². The van der Waals surface area contributed by atoms with Crippen molar-refractivity contribution < 1.29 is 46.2 Å². The Kier molecular flexibility index (Phi) is 16.8. The van der Waals surface area contributed by atoms with Crippen LogP contribution >= 0.6 is 11.6 Å². The number of amides is 4. The molecule has 3 aliphatic rings. The van der Waals surface area contributed by atoms with E-state index in [1.54, 1.807) is 10.2 Å². The van der Waals surface area contributed by atoms with Crippen LogP contribution in [0.5, 0.6) is 5.75 Å². The number of anilines is 1. The molecule has 17 heteroatoms. The summed E-state index contributed by atoms with van der Waals surface area (Å²) < 4.78 is 63.1. The number of rotatable bonds is 7. The number of halogens is 6. The maximum absolute atomic E-state index is 13.0. The largest absolute Gasteiger partial charge is 0.504 e. The Labute approximate surface area is 275 Å². The summed E-state index contributed by atoms with van der Waals surface area (Å²) in [6, 6.07) is 2.78. The molecule has 0 spiro atoms. The fourth-order valence-electron chi connectivity index (χ4n) is 5.03. The number of alkyl halides is 5. The van der Waals surface area contributed by atoms with Gasteiger partial charge in [0.1, 0.15) is 11.9 Å². The zero-order valence-electron chi connectivity index (χ0n) is 26.7. The Hall–Kier alpha value is -3.74. The molecule has 3 N–H and O–H groups in total. The quantitative estimate of drug-likeness (QED) is 0.211. The Morgan fingerprint density at radius 2 is 1.70 bits per heavy atom. The van der Waals surface area contributed by atoms with Gasteiger partial charge >= 0.3 is 11.3 Å². The lowest BCUT2D eigenvalue weighted by Crippen LogP contribution is -2.52. The standard InChI is InChI=1S/C13H17ClF4N2O2.C7H10N2O.C6H5FN2O2.C4H10/c14-13(17,18)12(15,16)11(22)19-5-10(21)20-6-8-3-1-2-4-9(8)7-20;1-6-2-7(3-8)9(4-6)5-10;7-4-1-5(11)6(8-2-4)9-3-10;1-4(2)3/h8-9H,1-7H2,(H,19,22);5-7H,2,4H2,1H3;1-3,11H,(H,8,9,10);4H,1-3H3/t;6?,7-;;/m.0../s1. The molecule has 2 aliphatic heterocycles. The fourth-order valence-corrected chi connectivity index (χ4v) is 5.12. The molecule has 0 radical (unpaired) electrons. The average Bonchev–Trinajstić information content (AvgIpc) is 3.60. The Morgan fingerprint density at radius 3 is 2.13 bits per heavy atom. The molecule has 1 aliphatic carbocycles. The first-order chi connectivity index (χ1) is 21.9. The number of aromatic hydroxyl groups is 1. The number of likely N-dealkylation sites (tertiary alicyclic amines) is 2. The summed E-state index contributed by atoms with van der Waals surface area (Å²) in [4.78, 5) is 49.6. The van der Waals surface area contributed by atoms with Crippen LogP contribution in [0.1, 0.15) is 59.8 Å². The van der Waals surface area contributed by atoms with Gasteiger partial charge in [0.05, 0.1) is 18.8 Å². The summed E-state index contributed by atoms with van der Waals surface area (Å²) in [6.07, 6.45) is 7.10. The minimum Gasteiger partial charge on any atom is -0.504 e. The second-order valence-electron chi connectivity index (χ2n) is 12.2. The van der Waals surface area contributed by atoms with E-state index in [1.165, 1.54) is 4.90 Å². The van der Waals surface area contributed by atoms with E-state index < -0.39 is 41.2 Å². The maximum Gasteiger partial charge on any atom is 0.400 e. The van der Waals surface area contributed by atoms with Crippen LogP contribution in [0.25, 0.3) is 0 Å². The first kappa shape index (κ1) is 41.3. The number of nitriles is 1. The molecule has 264 valence electrons. The molecular formula is C30H42ClF5N6O5. The van der Waals surface area contributed by atoms with Crippen molar-refractivity contribution in [2.24, 2.45) is 23.7 Å². The molecule has 3 fully saturated rings. The molecule has 3 heterocycles. The summed E-state index contributed by atoms with van der Waals surface area (Å²) in [6.45, 7) is 9.61. The van der Waals surface area contributed by atoms with Gasteiger partial charge in [-0.05, 0) is 54.5 Å². The Balaban J connectivity index is 0.000000368. The van der Waals surface area contributed by atoms with Crippen molar-refractivity contribution in [1.82, 2.24) is 20.1 Å². The third-order valence-electron chi connectivity index (χ3n) is 7.23. The predicted octanol–water partition coefficient (Wildman–Crippen LogP) is 4.75. The molecule has 47 heavy (non-hydrogen) atoms. The van der Waals surface area contributed by atoms with Crippen molar-refractivity contribution in [3.8, 4) is 11.8 Å². The van der Waals surface area contributed by atoms with E-state index in [2.05, 4.69) is 48.7 Å². The van der Waals surface area contributed by atoms with Crippen molar-refractivity contribution in [2.75, 3.05) is 31.5 Å². The Bertz CT molecular complexity index is 1220. The van der Waals surface area contributed by atoms with Gasteiger partial charge in [-0.2, -0.15) is 22.8 Å². The molecule has 1 aromatic heterocycles. The first-order valence-corrected chi connectivity index (χ1v) is 15.4. The average molecular weight is 697 g/mol. The lowest BCUT2D eigenvalue weighted by Gasteiger charge is -2.22. The van der Waals surface area contributed by atoms with Crippen LogP contribution in [-0.2, 0) is 19.2 Å². The van der Waals surface area contributed by atoms with Crippen LogP contribution in [0, 0.1) is 40.8 Å².